The molecule has 1 radical (unpaired) electrons. The van der Waals surface area contributed by atoms with Crippen molar-refractivity contribution in [3.63, 3.8) is 0 Å². The molecule has 0 heterocycles. The highest BCUT2D eigenvalue weighted by molar-refractivity contribution is 4.78. The Hall–Kier alpha value is -0.300. The molecule has 1 nitrogen and oxygen atoms in total. The van der Waals surface area contributed by atoms with Crippen molar-refractivity contribution in [1.82, 2.24) is 4.90 Å². The molecule has 0 spiro atoms. The monoisotopic (exact) mass is 114 g/mol. The summed E-state index contributed by atoms with van der Waals surface area (Å²) in [6.45, 7) is 5.36. The topological polar surface area (TPSA) is 3.24 Å². The van der Waals surface area contributed by atoms with Crippen LogP contribution in [0.1, 0.15) is 6.92 Å². The molecule has 1 heteroatoms. The molecule has 0 amide bonds. The second kappa shape index (κ2) is 9.85. The van der Waals surface area contributed by atoms with Crippen molar-refractivity contribution < 1.29 is 0 Å². The zero-order valence-corrected chi connectivity index (χ0v) is 6.31. The standard InChI is InChI=1S/C4H7.C3H9N/c1-3-4-2;1-4(2)3/h3-4H,1H2,2H3;1-3H3/b4-3+;. The lowest BCUT2D eigenvalue weighted by molar-refractivity contribution is 0.505. The molecule has 0 N–H and O–H groups in total. The fourth-order valence-electron chi connectivity index (χ4n) is 0. The zero-order valence-electron chi connectivity index (χ0n) is 6.31. The normalized spacial score (nSPS) is 9.25. The molecule has 0 atom stereocenters. The van der Waals surface area contributed by atoms with E-state index in [1.807, 2.05) is 39.0 Å². The molecular formula is C7H16N. The number of allylic oxidation sites excluding steroid dienone is 2. The molecule has 0 aromatic heterocycles. The maximum atomic E-state index is 3.42. The molecular weight excluding hydrogens is 98.1 g/mol. The first-order valence-corrected chi connectivity index (χ1v) is 2.66. The third kappa shape index (κ3) is 257. The minimum Gasteiger partial charge on any atom is -0.312 e. The van der Waals surface area contributed by atoms with Gasteiger partial charge in [-0.1, -0.05) is 12.2 Å². The molecule has 0 saturated heterocycles. The van der Waals surface area contributed by atoms with Gasteiger partial charge in [0.1, 0.15) is 0 Å². The summed E-state index contributed by atoms with van der Waals surface area (Å²) in [5.74, 6) is 0. The highest BCUT2D eigenvalue weighted by Gasteiger charge is 1.58. The lowest BCUT2D eigenvalue weighted by Gasteiger charge is -1.90. The van der Waals surface area contributed by atoms with E-state index in [2.05, 4.69) is 6.92 Å². The summed E-state index contributed by atoms with van der Waals surface area (Å²) in [7, 11) is 6.00. The largest absolute Gasteiger partial charge is 0.312 e. The van der Waals surface area contributed by atoms with Crippen LogP contribution in [0.15, 0.2) is 12.2 Å². The molecule has 0 aromatic carbocycles. The summed E-state index contributed by atoms with van der Waals surface area (Å²) in [5.41, 5.74) is 0. The van der Waals surface area contributed by atoms with Crippen molar-refractivity contribution >= 4 is 0 Å². The van der Waals surface area contributed by atoms with Gasteiger partial charge in [-0.05, 0) is 35.0 Å². The quantitative estimate of drug-likeness (QED) is 0.462. The van der Waals surface area contributed by atoms with E-state index in [1.54, 1.807) is 6.08 Å². The van der Waals surface area contributed by atoms with Crippen LogP contribution in [0.3, 0.4) is 0 Å². The number of hydrogen-bond acceptors (Lipinski definition) is 1. The number of nitrogens with zero attached hydrogens (tertiary/aromatic N) is 1. The van der Waals surface area contributed by atoms with E-state index in [9.17, 15) is 0 Å². The summed E-state index contributed by atoms with van der Waals surface area (Å²) in [6.07, 6.45) is 3.64. The minimum absolute atomic E-state index is 1.75. The van der Waals surface area contributed by atoms with Crippen molar-refractivity contribution in [2.45, 2.75) is 6.92 Å². The summed E-state index contributed by atoms with van der Waals surface area (Å²) < 4.78 is 0. The Morgan fingerprint density at radius 1 is 1.25 bits per heavy atom. The summed E-state index contributed by atoms with van der Waals surface area (Å²) in [6, 6.07) is 0. The molecule has 0 aliphatic rings. The van der Waals surface area contributed by atoms with Crippen LogP contribution in [-0.2, 0) is 0 Å². The predicted octanol–water partition coefficient (Wildman–Crippen LogP) is 1.57. The Morgan fingerprint density at radius 2 is 1.38 bits per heavy atom. The van der Waals surface area contributed by atoms with Gasteiger partial charge in [0, 0.05) is 0 Å². The molecule has 0 aliphatic heterocycles. The van der Waals surface area contributed by atoms with E-state index in [0.717, 1.165) is 0 Å². The van der Waals surface area contributed by atoms with Crippen molar-refractivity contribution in [1.29, 1.82) is 0 Å². The summed E-state index contributed by atoms with van der Waals surface area (Å²) in [5, 5.41) is 0. The Kier molecular flexibility index (Phi) is 13.1. The Labute approximate surface area is 53.0 Å². The van der Waals surface area contributed by atoms with Gasteiger partial charge in [-0.2, -0.15) is 0 Å². The van der Waals surface area contributed by atoms with E-state index >= 15 is 0 Å². The molecule has 0 rings (SSSR count). The van der Waals surface area contributed by atoms with Crippen LogP contribution < -0.4 is 0 Å². The first kappa shape index (κ1) is 10.6. The minimum atomic E-state index is 1.75. The van der Waals surface area contributed by atoms with Crippen LogP contribution in [0.25, 0.3) is 0 Å². The zero-order chi connectivity index (χ0) is 6.99. The Morgan fingerprint density at radius 3 is 1.38 bits per heavy atom. The summed E-state index contributed by atoms with van der Waals surface area (Å²) >= 11 is 0. The highest BCUT2D eigenvalue weighted by Crippen LogP contribution is 1.56. The Bertz CT molecular complexity index is 39.6. The predicted molar refractivity (Wildman–Crippen MR) is 39.8 cm³/mol. The molecule has 0 unspecified atom stereocenters. The average molecular weight is 114 g/mol. The van der Waals surface area contributed by atoms with E-state index in [4.69, 9.17) is 0 Å². The lowest BCUT2D eigenvalue weighted by Crippen LogP contribution is -1.99. The van der Waals surface area contributed by atoms with Crippen LogP contribution in [-0.4, -0.2) is 26.0 Å². The van der Waals surface area contributed by atoms with E-state index in [1.165, 1.54) is 0 Å². The smallest absolute Gasteiger partial charge is 0.0140 e. The first-order valence-electron chi connectivity index (χ1n) is 2.66. The fraction of sp³-hybridized carbons (Fsp3) is 0.571. The maximum Gasteiger partial charge on any atom is -0.0140 e. The second-order valence-corrected chi connectivity index (χ2v) is 1.91. The van der Waals surface area contributed by atoms with E-state index < -0.39 is 0 Å². The van der Waals surface area contributed by atoms with Crippen molar-refractivity contribution in [3.05, 3.63) is 19.1 Å². The van der Waals surface area contributed by atoms with Gasteiger partial charge in [0.15, 0.2) is 0 Å². The van der Waals surface area contributed by atoms with Gasteiger partial charge in [0.2, 0.25) is 0 Å². The van der Waals surface area contributed by atoms with Gasteiger partial charge < -0.3 is 4.90 Å². The first-order chi connectivity index (χ1) is 3.65. The average Bonchev–Trinajstić information content (AvgIpc) is 1.65. The van der Waals surface area contributed by atoms with Gasteiger partial charge >= 0.3 is 0 Å². The maximum absolute atomic E-state index is 3.42. The van der Waals surface area contributed by atoms with Crippen LogP contribution in [0.5, 0.6) is 0 Å². The van der Waals surface area contributed by atoms with Crippen LogP contribution in [0.4, 0.5) is 0 Å². The van der Waals surface area contributed by atoms with Crippen LogP contribution in [0.2, 0.25) is 0 Å². The highest BCUT2D eigenvalue weighted by atomic mass is 15.0. The van der Waals surface area contributed by atoms with Crippen LogP contribution in [0, 0.1) is 6.92 Å². The number of hydrogen-bond donors (Lipinski definition) is 0. The summed E-state index contributed by atoms with van der Waals surface area (Å²) in [4.78, 5) is 2.00. The molecule has 0 bridgehead atoms. The second-order valence-electron chi connectivity index (χ2n) is 1.91. The third-order valence-corrected chi connectivity index (χ3v) is 0.236. The molecule has 0 fully saturated rings. The SMILES string of the molecule is CN(C)C.[CH2]/C=C/C. The van der Waals surface area contributed by atoms with Crippen molar-refractivity contribution in [2.75, 3.05) is 21.1 Å². The molecule has 8 heavy (non-hydrogen) atoms. The van der Waals surface area contributed by atoms with Crippen molar-refractivity contribution in [3.8, 4) is 0 Å². The molecule has 0 saturated carbocycles. The fourth-order valence-corrected chi connectivity index (χ4v) is 0. The molecule has 0 aromatic rings. The van der Waals surface area contributed by atoms with Gasteiger partial charge in [-0.3, -0.25) is 0 Å². The van der Waals surface area contributed by atoms with E-state index in [-0.39, 0.29) is 0 Å². The molecule has 0 aliphatic carbocycles. The van der Waals surface area contributed by atoms with Crippen molar-refractivity contribution in [2.24, 2.45) is 0 Å². The van der Waals surface area contributed by atoms with Gasteiger partial charge in [0.25, 0.3) is 0 Å². The van der Waals surface area contributed by atoms with Crippen LogP contribution >= 0.6 is 0 Å². The third-order valence-electron chi connectivity index (χ3n) is 0.236. The van der Waals surface area contributed by atoms with Gasteiger partial charge in [-0.25, -0.2) is 0 Å². The lowest BCUT2D eigenvalue weighted by atomic mass is 10.6. The Balaban J connectivity index is 0. The number of rotatable bonds is 0. The van der Waals surface area contributed by atoms with Gasteiger partial charge in [0.05, 0.1) is 0 Å². The van der Waals surface area contributed by atoms with Gasteiger partial charge in [-0.15, -0.1) is 0 Å². The molecule has 49 valence electrons. The van der Waals surface area contributed by atoms with E-state index in [0.29, 0.717) is 0 Å².